The van der Waals surface area contributed by atoms with Crippen molar-refractivity contribution in [3.8, 4) is 0 Å². The van der Waals surface area contributed by atoms with Gasteiger partial charge in [0.2, 0.25) is 15.9 Å². The Balaban J connectivity index is 2.26. The Morgan fingerprint density at radius 3 is 2.41 bits per heavy atom. The standard InChI is InChI=1S/C11H22N2O3S/c1-3-4-11(14)12-9-10-5-7-13(8-6-10)17(2,15)16/h10H,3-9H2,1-2H3,(H,12,14). The van der Waals surface area contributed by atoms with E-state index in [9.17, 15) is 13.2 Å². The molecule has 0 aliphatic carbocycles. The molecule has 17 heavy (non-hydrogen) atoms. The predicted octanol–water partition coefficient (Wildman–Crippen LogP) is 0.574. The highest BCUT2D eigenvalue weighted by Gasteiger charge is 2.24. The minimum atomic E-state index is -3.04. The maximum atomic E-state index is 11.3. The molecule has 1 saturated heterocycles. The Morgan fingerprint density at radius 2 is 1.94 bits per heavy atom. The van der Waals surface area contributed by atoms with Crippen molar-refractivity contribution >= 4 is 15.9 Å². The zero-order chi connectivity index (χ0) is 12.9. The zero-order valence-corrected chi connectivity index (χ0v) is 11.4. The summed E-state index contributed by atoms with van der Waals surface area (Å²) in [6, 6.07) is 0. The fraction of sp³-hybridized carbons (Fsp3) is 0.909. The molecule has 1 fully saturated rings. The van der Waals surface area contributed by atoms with E-state index < -0.39 is 10.0 Å². The van der Waals surface area contributed by atoms with Gasteiger partial charge in [-0.25, -0.2) is 12.7 Å². The molecule has 5 nitrogen and oxygen atoms in total. The highest BCUT2D eigenvalue weighted by molar-refractivity contribution is 7.88. The lowest BCUT2D eigenvalue weighted by Crippen LogP contribution is -2.41. The van der Waals surface area contributed by atoms with Gasteiger partial charge < -0.3 is 5.32 Å². The molecule has 100 valence electrons. The molecule has 0 spiro atoms. The van der Waals surface area contributed by atoms with Crippen LogP contribution in [-0.4, -0.2) is 44.5 Å². The molecule has 0 aromatic carbocycles. The third kappa shape index (κ3) is 5.04. The number of nitrogens with one attached hydrogen (secondary N) is 1. The average molecular weight is 262 g/mol. The summed E-state index contributed by atoms with van der Waals surface area (Å²) in [5, 5.41) is 2.90. The van der Waals surface area contributed by atoms with E-state index in [2.05, 4.69) is 5.32 Å². The van der Waals surface area contributed by atoms with Crippen LogP contribution in [0.3, 0.4) is 0 Å². The van der Waals surface area contributed by atoms with Gasteiger partial charge in [0.25, 0.3) is 0 Å². The van der Waals surface area contributed by atoms with Gasteiger partial charge in [-0.15, -0.1) is 0 Å². The maximum absolute atomic E-state index is 11.3. The van der Waals surface area contributed by atoms with E-state index in [0.717, 1.165) is 19.3 Å². The number of nitrogens with zero attached hydrogens (tertiary/aromatic N) is 1. The number of hydrogen-bond donors (Lipinski definition) is 1. The second kappa shape index (κ2) is 6.35. The molecule has 1 heterocycles. The molecule has 1 amide bonds. The molecular formula is C11H22N2O3S. The molecule has 1 aliphatic heterocycles. The number of hydrogen-bond acceptors (Lipinski definition) is 3. The second-order valence-electron chi connectivity index (χ2n) is 4.66. The van der Waals surface area contributed by atoms with E-state index in [0.29, 0.717) is 32.0 Å². The molecule has 0 aromatic rings. The van der Waals surface area contributed by atoms with Gasteiger partial charge in [0.1, 0.15) is 0 Å². The summed E-state index contributed by atoms with van der Waals surface area (Å²) in [6.45, 7) is 3.81. The van der Waals surface area contributed by atoms with Crippen molar-refractivity contribution in [2.45, 2.75) is 32.6 Å². The van der Waals surface area contributed by atoms with E-state index in [4.69, 9.17) is 0 Å². The van der Waals surface area contributed by atoms with Crippen LogP contribution in [0.15, 0.2) is 0 Å². The van der Waals surface area contributed by atoms with Crippen LogP contribution in [0.5, 0.6) is 0 Å². The third-order valence-electron chi connectivity index (χ3n) is 3.11. The van der Waals surface area contributed by atoms with Gasteiger partial charge in [0, 0.05) is 26.1 Å². The number of piperidine rings is 1. The van der Waals surface area contributed by atoms with Gasteiger partial charge >= 0.3 is 0 Å². The topological polar surface area (TPSA) is 66.5 Å². The number of carbonyl (C=O) groups excluding carboxylic acids is 1. The minimum Gasteiger partial charge on any atom is -0.356 e. The lowest BCUT2D eigenvalue weighted by atomic mass is 9.98. The first-order valence-electron chi connectivity index (χ1n) is 6.15. The summed E-state index contributed by atoms with van der Waals surface area (Å²) >= 11 is 0. The Labute approximate surface area is 104 Å². The van der Waals surface area contributed by atoms with Crippen molar-refractivity contribution in [2.24, 2.45) is 5.92 Å². The van der Waals surface area contributed by atoms with Crippen molar-refractivity contribution in [1.29, 1.82) is 0 Å². The molecule has 0 unspecified atom stereocenters. The van der Waals surface area contributed by atoms with Gasteiger partial charge in [-0.2, -0.15) is 0 Å². The smallest absolute Gasteiger partial charge is 0.219 e. The van der Waals surface area contributed by atoms with Crippen LogP contribution in [-0.2, 0) is 14.8 Å². The summed E-state index contributed by atoms with van der Waals surface area (Å²) in [5.41, 5.74) is 0. The van der Waals surface area contributed by atoms with Gasteiger partial charge in [-0.3, -0.25) is 4.79 Å². The van der Waals surface area contributed by atoms with E-state index in [1.807, 2.05) is 6.92 Å². The van der Waals surface area contributed by atoms with E-state index >= 15 is 0 Å². The fourth-order valence-corrected chi connectivity index (χ4v) is 2.89. The normalized spacial score (nSPS) is 19.2. The predicted molar refractivity (Wildman–Crippen MR) is 67.1 cm³/mol. The summed E-state index contributed by atoms with van der Waals surface area (Å²) < 4.78 is 24.1. The Hall–Kier alpha value is -0.620. The highest BCUT2D eigenvalue weighted by Crippen LogP contribution is 2.18. The van der Waals surface area contributed by atoms with Crippen molar-refractivity contribution in [2.75, 3.05) is 25.9 Å². The van der Waals surface area contributed by atoms with Crippen LogP contribution in [0.2, 0.25) is 0 Å². The Kier molecular flexibility index (Phi) is 5.39. The highest BCUT2D eigenvalue weighted by atomic mass is 32.2. The van der Waals surface area contributed by atoms with Gasteiger partial charge in [0.15, 0.2) is 0 Å². The average Bonchev–Trinajstić information content (AvgIpc) is 2.26. The number of sulfonamides is 1. The monoisotopic (exact) mass is 262 g/mol. The molecule has 1 aliphatic rings. The first kappa shape index (κ1) is 14.4. The molecule has 0 saturated carbocycles. The van der Waals surface area contributed by atoms with Crippen molar-refractivity contribution < 1.29 is 13.2 Å². The lowest BCUT2D eigenvalue weighted by molar-refractivity contribution is -0.121. The Morgan fingerprint density at radius 1 is 1.35 bits per heavy atom. The molecule has 1 rings (SSSR count). The summed E-state index contributed by atoms with van der Waals surface area (Å²) in [4.78, 5) is 11.3. The van der Waals surface area contributed by atoms with E-state index in [1.54, 1.807) is 0 Å². The van der Waals surface area contributed by atoms with Crippen LogP contribution >= 0.6 is 0 Å². The lowest BCUT2D eigenvalue weighted by Gasteiger charge is -2.30. The molecule has 0 bridgehead atoms. The van der Waals surface area contributed by atoms with Crippen LogP contribution < -0.4 is 5.32 Å². The second-order valence-corrected chi connectivity index (χ2v) is 6.64. The van der Waals surface area contributed by atoms with E-state index in [-0.39, 0.29) is 5.91 Å². The zero-order valence-electron chi connectivity index (χ0n) is 10.6. The number of carbonyl (C=O) groups is 1. The van der Waals surface area contributed by atoms with Crippen LogP contribution in [0, 0.1) is 5.92 Å². The summed E-state index contributed by atoms with van der Waals surface area (Å²) in [6.07, 6.45) is 4.34. The maximum Gasteiger partial charge on any atom is 0.219 e. The molecule has 1 N–H and O–H groups in total. The first-order chi connectivity index (χ1) is 7.93. The molecule has 0 atom stereocenters. The van der Waals surface area contributed by atoms with Crippen molar-refractivity contribution in [1.82, 2.24) is 9.62 Å². The SMILES string of the molecule is CCCC(=O)NCC1CCN(S(C)(=O)=O)CC1. The third-order valence-corrected chi connectivity index (χ3v) is 4.41. The minimum absolute atomic E-state index is 0.0954. The largest absolute Gasteiger partial charge is 0.356 e. The Bertz CT molecular complexity index is 346. The first-order valence-corrected chi connectivity index (χ1v) is 8.00. The van der Waals surface area contributed by atoms with Gasteiger partial charge in [-0.1, -0.05) is 6.92 Å². The van der Waals surface area contributed by atoms with Crippen LogP contribution in [0.1, 0.15) is 32.6 Å². The molecular weight excluding hydrogens is 240 g/mol. The van der Waals surface area contributed by atoms with Crippen LogP contribution in [0.25, 0.3) is 0 Å². The summed E-state index contributed by atoms with van der Waals surface area (Å²) in [7, 11) is -3.04. The molecule has 6 heteroatoms. The molecule has 0 aromatic heterocycles. The van der Waals surface area contributed by atoms with Crippen molar-refractivity contribution in [3.05, 3.63) is 0 Å². The molecule has 0 radical (unpaired) electrons. The number of rotatable bonds is 5. The number of amides is 1. The quantitative estimate of drug-likeness (QED) is 0.788. The van der Waals surface area contributed by atoms with Crippen molar-refractivity contribution in [3.63, 3.8) is 0 Å². The van der Waals surface area contributed by atoms with E-state index in [1.165, 1.54) is 10.6 Å². The van der Waals surface area contributed by atoms with Crippen LogP contribution in [0.4, 0.5) is 0 Å². The van der Waals surface area contributed by atoms with Gasteiger partial charge in [0.05, 0.1) is 6.26 Å². The fourth-order valence-electron chi connectivity index (χ4n) is 2.02. The summed E-state index contributed by atoms with van der Waals surface area (Å²) in [5.74, 6) is 0.506. The van der Waals surface area contributed by atoms with Gasteiger partial charge in [-0.05, 0) is 25.2 Å².